The number of amides is 2. The van der Waals surface area contributed by atoms with Crippen molar-refractivity contribution in [3.8, 4) is 11.3 Å². The van der Waals surface area contributed by atoms with Gasteiger partial charge in [0.15, 0.2) is 5.82 Å². The molecule has 0 bridgehead atoms. The van der Waals surface area contributed by atoms with Gasteiger partial charge in [0.05, 0.1) is 23.8 Å². The van der Waals surface area contributed by atoms with Gasteiger partial charge in [-0.25, -0.2) is 9.78 Å². The van der Waals surface area contributed by atoms with E-state index in [9.17, 15) is 9.59 Å². The number of alkyl halides is 2. The number of hydrogen-bond acceptors (Lipinski definition) is 6. The summed E-state index contributed by atoms with van der Waals surface area (Å²) >= 11 is 11.5. The van der Waals surface area contributed by atoms with E-state index in [1.807, 2.05) is 13.8 Å². The Hall–Kier alpha value is -2.39. The normalized spacial score (nSPS) is 12.5. The summed E-state index contributed by atoms with van der Waals surface area (Å²) < 4.78 is 5.26. The second-order valence-corrected chi connectivity index (χ2v) is 9.38. The molecule has 11 heteroatoms. The van der Waals surface area contributed by atoms with Crippen LogP contribution in [0.25, 0.3) is 11.3 Å². The monoisotopic (exact) mass is 470 g/mol. The van der Waals surface area contributed by atoms with Crippen molar-refractivity contribution < 1.29 is 14.3 Å². The van der Waals surface area contributed by atoms with Gasteiger partial charge >= 0.3 is 6.09 Å². The molecule has 2 aromatic rings. The van der Waals surface area contributed by atoms with Gasteiger partial charge in [-0.2, -0.15) is 5.10 Å². The van der Waals surface area contributed by atoms with Crippen LogP contribution in [-0.4, -0.2) is 48.6 Å². The van der Waals surface area contributed by atoms with Crippen molar-refractivity contribution in [1.82, 2.24) is 25.5 Å². The number of hydrogen-bond donors (Lipinski definition) is 3. The summed E-state index contributed by atoms with van der Waals surface area (Å²) in [7, 11) is 0. The molecule has 0 aromatic carbocycles. The van der Waals surface area contributed by atoms with Gasteiger partial charge in [0.2, 0.25) is 5.91 Å². The second-order valence-electron chi connectivity index (χ2n) is 8.11. The standard InChI is InChI=1S/C20H28Cl2N6O3/c1-11-17(12(2)28-27-11)14-9-24-16(10-23-14)26-18(29)13(7-6-8-15(21)22)25-19(30)31-20(3,4)5/h9-10,13,15H,6-8H2,1-5H3,(H,25,30)(H,27,28)(H,24,26,29)/t13-/m0/s1. The van der Waals surface area contributed by atoms with E-state index in [0.717, 1.165) is 17.0 Å². The van der Waals surface area contributed by atoms with E-state index in [1.165, 1.54) is 6.20 Å². The minimum atomic E-state index is -0.846. The van der Waals surface area contributed by atoms with Crippen LogP contribution in [0.1, 0.15) is 51.4 Å². The third-order valence-electron chi connectivity index (χ3n) is 4.21. The maximum atomic E-state index is 12.8. The predicted molar refractivity (Wildman–Crippen MR) is 120 cm³/mol. The fourth-order valence-corrected chi connectivity index (χ4v) is 3.17. The molecule has 9 nitrogen and oxygen atoms in total. The molecule has 2 rings (SSSR count). The second kappa shape index (κ2) is 10.8. The topological polar surface area (TPSA) is 122 Å². The number of halogens is 2. The van der Waals surface area contributed by atoms with Crippen LogP contribution in [0.3, 0.4) is 0 Å². The highest BCUT2D eigenvalue weighted by Crippen LogP contribution is 2.23. The summed E-state index contributed by atoms with van der Waals surface area (Å²) in [6.07, 6.45) is 3.68. The van der Waals surface area contributed by atoms with Crippen LogP contribution >= 0.6 is 23.2 Å². The molecule has 0 aliphatic carbocycles. The van der Waals surface area contributed by atoms with Gasteiger partial charge in [0, 0.05) is 11.3 Å². The summed E-state index contributed by atoms with van der Waals surface area (Å²) in [5, 5.41) is 12.3. The predicted octanol–water partition coefficient (Wildman–Crippen LogP) is 4.29. The van der Waals surface area contributed by atoms with E-state index in [1.54, 1.807) is 27.0 Å². The highest BCUT2D eigenvalue weighted by Gasteiger charge is 2.25. The Kier molecular flexibility index (Phi) is 8.64. The first kappa shape index (κ1) is 24.9. The number of carbonyl (C=O) groups is 2. The third kappa shape index (κ3) is 7.99. The summed E-state index contributed by atoms with van der Waals surface area (Å²) in [5.41, 5.74) is 2.50. The zero-order chi connectivity index (χ0) is 23.2. The molecule has 0 saturated carbocycles. The lowest BCUT2D eigenvalue weighted by molar-refractivity contribution is -0.118. The molecule has 0 spiro atoms. The average Bonchev–Trinajstić information content (AvgIpc) is 2.98. The van der Waals surface area contributed by atoms with E-state index in [4.69, 9.17) is 27.9 Å². The minimum Gasteiger partial charge on any atom is -0.444 e. The van der Waals surface area contributed by atoms with Crippen molar-refractivity contribution in [1.29, 1.82) is 0 Å². The Morgan fingerprint density at radius 2 is 1.87 bits per heavy atom. The molecule has 1 atom stereocenters. The first-order valence-electron chi connectivity index (χ1n) is 9.88. The van der Waals surface area contributed by atoms with Gasteiger partial charge in [-0.15, -0.1) is 23.2 Å². The van der Waals surface area contributed by atoms with E-state index in [-0.39, 0.29) is 5.82 Å². The molecular weight excluding hydrogens is 443 g/mol. The van der Waals surface area contributed by atoms with Gasteiger partial charge < -0.3 is 15.4 Å². The van der Waals surface area contributed by atoms with Crippen LogP contribution in [0, 0.1) is 13.8 Å². The largest absolute Gasteiger partial charge is 0.444 e. The minimum absolute atomic E-state index is 0.260. The average molecular weight is 471 g/mol. The number of aromatic amines is 1. The number of ether oxygens (including phenoxy) is 1. The molecule has 0 saturated heterocycles. The number of anilines is 1. The van der Waals surface area contributed by atoms with E-state index in [0.29, 0.717) is 25.0 Å². The van der Waals surface area contributed by atoms with Gasteiger partial charge in [-0.1, -0.05) is 0 Å². The number of rotatable bonds is 8. The van der Waals surface area contributed by atoms with Crippen LogP contribution in [-0.2, 0) is 9.53 Å². The molecule has 170 valence electrons. The molecule has 2 aromatic heterocycles. The Bertz CT molecular complexity index is 874. The van der Waals surface area contributed by atoms with Crippen molar-refractivity contribution in [2.75, 3.05) is 5.32 Å². The number of nitrogens with zero attached hydrogens (tertiary/aromatic N) is 3. The first-order valence-corrected chi connectivity index (χ1v) is 10.8. The van der Waals surface area contributed by atoms with Crippen LogP contribution in [0.15, 0.2) is 12.4 Å². The fraction of sp³-hybridized carbons (Fsp3) is 0.550. The molecule has 0 aliphatic heterocycles. The molecule has 2 amide bonds. The lowest BCUT2D eigenvalue weighted by Gasteiger charge is -2.23. The number of alkyl carbamates (subject to hydrolysis) is 1. The zero-order valence-corrected chi connectivity index (χ0v) is 19.8. The SMILES string of the molecule is Cc1n[nH]c(C)c1-c1cnc(NC(=O)[C@H](CCCC(Cl)Cl)NC(=O)OC(C)(C)C)cn1. The Balaban J connectivity index is 2.07. The molecule has 3 N–H and O–H groups in total. The van der Waals surface area contributed by atoms with Gasteiger partial charge in [0.1, 0.15) is 16.5 Å². The lowest BCUT2D eigenvalue weighted by atomic mass is 10.1. The van der Waals surface area contributed by atoms with Gasteiger partial charge in [-0.3, -0.25) is 14.9 Å². The number of H-pyrrole nitrogens is 1. The van der Waals surface area contributed by atoms with Crippen LogP contribution in [0.5, 0.6) is 0 Å². The molecule has 2 heterocycles. The van der Waals surface area contributed by atoms with Gasteiger partial charge in [-0.05, 0) is 53.9 Å². The molecule has 0 aliphatic rings. The third-order valence-corrected chi connectivity index (χ3v) is 4.65. The summed E-state index contributed by atoms with van der Waals surface area (Å²) in [4.78, 5) is 33.0. The Morgan fingerprint density at radius 1 is 1.16 bits per heavy atom. The van der Waals surface area contributed by atoms with E-state index < -0.39 is 28.5 Å². The number of carbonyl (C=O) groups excluding carboxylic acids is 2. The van der Waals surface area contributed by atoms with Crippen molar-refractivity contribution in [3.05, 3.63) is 23.8 Å². The highest BCUT2D eigenvalue weighted by molar-refractivity contribution is 6.44. The lowest BCUT2D eigenvalue weighted by Crippen LogP contribution is -2.45. The molecule has 0 radical (unpaired) electrons. The summed E-state index contributed by atoms with van der Waals surface area (Å²) in [6.45, 7) is 9.00. The smallest absolute Gasteiger partial charge is 0.408 e. The number of aryl methyl sites for hydroxylation is 2. The van der Waals surface area contributed by atoms with Crippen LogP contribution in [0.2, 0.25) is 0 Å². The van der Waals surface area contributed by atoms with E-state index in [2.05, 4.69) is 30.8 Å². The van der Waals surface area contributed by atoms with Crippen LogP contribution < -0.4 is 10.6 Å². The molecule has 0 unspecified atom stereocenters. The number of nitrogens with one attached hydrogen (secondary N) is 3. The first-order chi connectivity index (χ1) is 14.5. The Labute approximate surface area is 191 Å². The van der Waals surface area contributed by atoms with Crippen molar-refractivity contribution in [3.63, 3.8) is 0 Å². The van der Waals surface area contributed by atoms with Crippen LogP contribution in [0.4, 0.5) is 10.6 Å². The quantitative estimate of drug-likeness (QED) is 0.494. The summed E-state index contributed by atoms with van der Waals surface area (Å²) in [5.74, 6) is -0.180. The summed E-state index contributed by atoms with van der Waals surface area (Å²) in [6, 6.07) is -0.846. The Morgan fingerprint density at radius 3 is 2.39 bits per heavy atom. The van der Waals surface area contributed by atoms with E-state index >= 15 is 0 Å². The van der Waals surface area contributed by atoms with Crippen molar-refractivity contribution in [2.45, 2.75) is 70.4 Å². The van der Waals surface area contributed by atoms with Crippen molar-refractivity contribution in [2.24, 2.45) is 0 Å². The maximum Gasteiger partial charge on any atom is 0.408 e. The maximum absolute atomic E-state index is 12.8. The molecule has 0 fully saturated rings. The zero-order valence-electron chi connectivity index (χ0n) is 18.3. The molecule has 31 heavy (non-hydrogen) atoms. The molecular formula is C20H28Cl2N6O3. The van der Waals surface area contributed by atoms with Gasteiger partial charge in [0.25, 0.3) is 0 Å². The number of aromatic nitrogens is 4. The highest BCUT2D eigenvalue weighted by atomic mass is 35.5. The van der Waals surface area contributed by atoms with Crippen molar-refractivity contribution >= 4 is 41.0 Å². The fourth-order valence-electron chi connectivity index (χ4n) is 2.86.